The molecule has 0 radical (unpaired) electrons. The Kier molecular flexibility index (Phi) is 7.16. The number of aromatic nitrogens is 1. The average Bonchev–Trinajstić information content (AvgIpc) is 2.88. The fourth-order valence-corrected chi connectivity index (χ4v) is 3.96. The highest BCUT2D eigenvalue weighted by atomic mass is 16.2. The van der Waals surface area contributed by atoms with Crippen LogP contribution in [0.1, 0.15) is 42.6 Å². The van der Waals surface area contributed by atoms with Crippen LogP contribution in [0.2, 0.25) is 0 Å². The van der Waals surface area contributed by atoms with Crippen LogP contribution in [0.5, 0.6) is 0 Å². The van der Waals surface area contributed by atoms with E-state index in [0.717, 1.165) is 34.4 Å². The first-order valence-electron chi connectivity index (χ1n) is 11.4. The molecule has 1 amide bonds. The van der Waals surface area contributed by atoms with E-state index in [-0.39, 0.29) is 11.9 Å². The third-order valence-corrected chi connectivity index (χ3v) is 5.83. The maximum Gasteiger partial charge on any atom is 0.247 e. The topological polar surface area (TPSA) is 54.0 Å². The summed E-state index contributed by atoms with van der Waals surface area (Å²) in [7, 11) is 0. The molecule has 0 fully saturated rings. The molecule has 3 aromatic carbocycles. The lowest BCUT2D eigenvalue weighted by molar-refractivity contribution is -0.122. The molecule has 166 valence electrons. The quantitative estimate of drug-likeness (QED) is 0.339. The first kappa shape index (κ1) is 22.3. The van der Waals surface area contributed by atoms with Crippen LogP contribution >= 0.6 is 0 Å². The van der Waals surface area contributed by atoms with Crippen LogP contribution in [-0.4, -0.2) is 10.9 Å². The Morgan fingerprint density at radius 3 is 2.21 bits per heavy atom. The van der Waals surface area contributed by atoms with Crippen molar-refractivity contribution in [3.63, 3.8) is 0 Å². The zero-order valence-electron chi connectivity index (χ0n) is 19.0. The largest absolute Gasteiger partial charge is 0.370 e. The van der Waals surface area contributed by atoms with Crippen LogP contribution in [0.25, 0.3) is 11.1 Å². The number of hydrogen-bond donors (Lipinski definition) is 2. The predicted molar refractivity (Wildman–Crippen MR) is 135 cm³/mol. The average molecular weight is 436 g/mol. The summed E-state index contributed by atoms with van der Waals surface area (Å²) >= 11 is 0. The SMILES string of the molecule is CCc1cc(-c2ccccc2)ccc1NC(C(=O)N[C@@H](C)c1ccccc1)c1cccnc1. The molecule has 1 heterocycles. The van der Waals surface area contributed by atoms with E-state index >= 15 is 0 Å². The molecule has 0 aliphatic rings. The molecule has 0 aliphatic heterocycles. The molecule has 33 heavy (non-hydrogen) atoms. The number of hydrogen-bond acceptors (Lipinski definition) is 3. The van der Waals surface area contributed by atoms with Crippen molar-refractivity contribution in [3.05, 3.63) is 120 Å². The standard InChI is InChI=1S/C29H29N3O/c1-3-22-19-25(24-13-8-5-9-14-24)16-17-27(22)32-28(26-15-10-18-30-20-26)29(33)31-21(2)23-11-6-4-7-12-23/h4-21,28,32H,3H2,1-2H3,(H,31,33)/t21-,28?/m0/s1. The minimum atomic E-state index is -0.558. The number of carbonyl (C=O) groups excluding carboxylic acids is 1. The van der Waals surface area contributed by atoms with Gasteiger partial charge in [-0.2, -0.15) is 0 Å². The molecule has 2 N–H and O–H groups in total. The fourth-order valence-electron chi connectivity index (χ4n) is 3.96. The smallest absolute Gasteiger partial charge is 0.247 e. The lowest BCUT2D eigenvalue weighted by Crippen LogP contribution is -2.35. The Balaban J connectivity index is 1.61. The molecule has 0 saturated carbocycles. The van der Waals surface area contributed by atoms with E-state index in [1.807, 2.05) is 67.6 Å². The minimum Gasteiger partial charge on any atom is -0.370 e. The highest BCUT2D eigenvalue weighted by Crippen LogP contribution is 2.29. The number of anilines is 1. The van der Waals surface area contributed by atoms with Crippen molar-refractivity contribution >= 4 is 11.6 Å². The van der Waals surface area contributed by atoms with E-state index in [9.17, 15) is 4.79 Å². The maximum atomic E-state index is 13.4. The zero-order chi connectivity index (χ0) is 23.0. The molecule has 0 aliphatic carbocycles. The van der Waals surface area contributed by atoms with Gasteiger partial charge in [-0.3, -0.25) is 9.78 Å². The third kappa shape index (κ3) is 5.47. The number of nitrogens with zero attached hydrogens (tertiary/aromatic N) is 1. The van der Waals surface area contributed by atoms with Crippen molar-refractivity contribution < 1.29 is 4.79 Å². The van der Waals surface area contributed by atoms with Gasteiger partial charge in [0.15, 0.2) is 0 Å². The summed E-state index contributed by atoms with van der Waals surface area (Å²) in [5.41, 5.74) is 6.35. The summed E-state index contributed by atoms with van der Waals surface area (Å²) in [6.45, 7) is 4.13. The number of carbonyl (C=O) groups is 1. The molecule has 4 heteroatoms. The molecule has 0 saturated heterocycles. The van der Waals surface area contributed by atoms with Gasteiger partial charge in [-0.1, -0.05) is 79.7 Å². The van der Waals surface area contributed by atoms with Gasteiger partial charge in [-0.15, -0.1) is 0 Å². The predicted octanol–water partition coefficient (Wildman–Crippen LogP) is 6.34. The molecule has 4 aromatic rings. The van der Waals surface area contributed by atoms with E-state index in [2.05, 4.69) is 52.9 Å². The summed E-state index contributed by atoms with van der Waals surface area (Å²) < 4.78 is 0. The van der Waals surface area contributed by atoms with Crippen molar-refractivity contribution in [3.8, 4) is 11.1 Å². The van der Waals surface area contributed by atoms with Gasteiger partial charge in [-0.25, -0.2) is 0 Å². The Bertz CT molecular complexity index is 1180. The molecule has 0 spiro atoms. The van der Waals surface area contributed by atoms with E-state index in [4.69, 9.17) is 0 Å². The lowest BCUT2D eigenvalue weighted by atomic mass is 9.99. The summed E-state index contributed by atoms with van der Waals surface area (Å²) in [4.78, 5) is 17.7. The fraction of sp³-hybridized carbons (Fsp3) is 0.172. The highest BCUT2D eigenvalue weighted by Gasteiger charge is 2.23. The van der Waals surface area contributed by atoms with Crippen molar-refractivity contribution in [1.29, 1.82) is 0 Å². The molecule has 4 nitrogen and oxygen atoms in total. The number of nitrogens with one attached hydrogen (secondary N) is 2. The monoisotopic (exact) mass is 435 g/mol. The molecule has 1 unspecified atom stereocenters. The van der Waals surface area contributed by atoms with E-state index in [1.54, 1.807) is 12.4 Å². The van der Waals surface area contributed by atoms with Crippen LogP contribution in [-0.2, 0) is 11.2 Å². The van der Waals surface area contributed by atoms with E-state index < -0.39 is 6.04 Å². The van der Waals surface area contributed by atoms with Crippen LogP contribution in [0.15, 0.2) is 103 Å². The van der Waals surface area contributed by atoms with Crippen molar-refractivity contribution in [2.24, 2.45) is 0 Å². The normalized spacial score (nSPS) is 12.5. The number of amides is 1. The lowest BCUT2D eigenvalue weighted by Gasteiger charge is -2.24. The van der Waals surface area contributed by atoms with Gasteiger partial charge >= 0.3 is 0 Å². The van der Waals surface area contributed by atoms with Gasteiger partial charge in [0, 0.05) is 23.6 Å². The van der Waals surface area contributed by atoms with Gasteiger partial charge < -0.3 is 10.6 Å². The maximum absolute atomic E-state index is 13.4. The molecule has 1 aromatic heterocycles. The molecule has 4 rings (SSSR count). The highest BCUT2D eigenvalue weighted by molar-refractivity contribution is 5.86. The van der Waals surface area contributed by atoms with Gasteiger partial charge in [0.25, 0.3) is 0 Å². The number of benzene rings is 3. The second-order valence-corrected chi connectivity index (χ2v) is 8.10. The summed E-state index contributed by atoms with van der Waals surface area (Å²) in [5.74, 6) is -0.0893. The second kappa shape index (κ2) is 10.6. The molecule has 0 bridgehead atoms. The van der Waals surface area contributed by atoms with Gasteiger partial charge in [-0.05, 0) is 53.8 Å². The Morgan fingerprint density at radius 1 is 0.848 bits per heavy atom. The van der Waals surface area contributed by atoms with E-state index in [0.29, 0.717) is 0 Å². The number of pyridine rings is 1. The van der Waals surface area contributed by atoms with Gasteiger partial charge in [0.1, 0.15) is 6.04 Å². The first-order valence-corrected chi connectivity index (χ1v) is 11.4. The molecule has 2 atom stereocenters. The second-order valence-electron chi connectivity index (χ2n) is 8.10. The third-order valence-electron chi connectivity index (χ3n) is 5.83. The van der Waals surface area contributed by atoms with Crippen molar-refractivity contribution in [2.75, 3.05) is 5.32 Å². The van der Waals surface area contributed by atoms with Crippen LogP contribution < -0.4 is 10.6 Å². The van der Waals surface area contributed by atoms with Crippen LogP contribution in [0.4, 0.5) is 5.69 Å². The minimum absolute atomic E-state index is 0.0893. The van der Waals surface area contributed by atoms with Gasteiger partial charge in [0.05, 0.1) is 6.04 Å². The number of rotatable bonds is 8. The summed E-state index contributed by atoms with van der Waals surface area (Å²) in [6.07, 6.45) is 4.32. The first-order chi connectivity index (χ1) is 16.2. The van der Waals surface area contributed by atoms with Crippen molar-refractivity contribution in [2.45, 2.75) is 32.4 Å². The Labute approximate surface area is 195 Å². The number of aryl methyl sites for hydroxylation is 1. The van der Waals surface area contributed by atoms with Gasteiger partial charge in [0.2, 0.25) is 5.91 Å². The summed E-state index contributed by atoms with van der Waals surface area (Å²) in [6, 6.07) is 29.8. The Morgan fingerprint density at radius 2 is 1.55 bits per heavy atom. The van der Waals surface area contributed by atoms with Crippen LogP contribution in [0, 0.1) is 0 Å². The summed E-state index contributed by atoms with van der Waals surface area (Å²) in [5, 5.41) is 6.66. The van der Waals surface area contributed by atoms with Crippen molar-refractivity contribution in [1.82, 2.24) is 10.3 Å². The Hall–Kier alpha value is -3.92. The molecular formula is C29H29N3O. The van der Waals surface area contributed by atoms with E-state index in [1.165, 1.54) is 5.56 Å². The molecular weight excluding hydrogens is 406 g/mol. The van der Waals surface area contributed by atoms with Crippen LogP contribution in [0.3, 0.4) is 0 Å². The zero-order valence-corrected chi connectivity index (χ0v) is 19.0.